The molecule has 0 saturated heterocycles. The zero-order chi connectivity index (χ0) is 13.9. The van der Waals surface area contributed by atoms with Crippen molar-refractivity contribution in [1.29, 1.82) is 0 Å². The van der Waals surface area contributed by atoms with Crippen LogP contribution in [0.3, 0.4) is 0 Å². The van der Waals surface area contributed by atoms with Gasteiger partial charge in [0.2, 0.25) is 0 Å². The molecule has 2 atom stereocenters. The fraction of sp³-hybridized carbons (Fsp3) is 0.571. The number of hydrogen-bond acceptors (Lipinski definition) is 2. The van der Waals surface area contributed by atoms with E-state index in [1.807, 2.05) is 0 Å². The van der Waals surface area contributed by atoms with Crippen LogP contribution in [0.5, 0.6) is 0 Å². The zero-order valence-electron chi connectivity index (χ0n) is 10.6. The maximum atomic E-state index is 12.4. The first kappa shape index (κ1) is 14.2. The number of aliphatic hydroxyl groups excluding tert-OH is 1. The van der Waals surface area contributed by atoms with Gasteiger partial charge in [0.05, 0.1) is 11.7 Å². The van der Waals surface area contributed by atoms with Gasteiger partial charge in [-0.25, -0.2) is 0 Å². The van der Waals surface area contributed by atoms with Crippen molar-refractivity contribution in [1.82, 2.24) is 0 Å². The predicted octanol–water partition coefficient (Wildman–Crippen LogP) is 3.67. The number of anilines is 1. The molecule has 0 bridgehead atoms. The van der Waals surface area contributed by atoms with E-state index in [1.165, 1.54) is 12.1 Å². The standard InChI is InChI=1S/C14H18F3NO/c15-14(16,17)11-5-7-12(8-6-11)18-9-10-3-1-2-4-13(10)19/h5-8,10,13,18-19H,1-4,9H2. The molecule has 2 unspecified atom stereocenters. The van der Waals surface area contributed by atoms with Crippen LogP contribution < -0.4 is 5.32 Å². The Bertz CT molecular complexity index is 402. The first-order valence-electron chi connectivity index (χ1n) is 6.56. The predicted molar refractivity (Wildman–Crippen MR) is 67.9 cm³/mol. The number of alkyl halides is 3. The normalized spacial score (nSPS) is 24.2. The van der Waals surface area contributed by atoms with Crippen LogP contribution in [0.15, 0.2) is 24.3 Å². The fourth-order valence-electron chi connectivity index (χ4n) is 2.45. The van der Waals surface area contributed by atoms with E-state index in [2.05, 4.69) is 5.32 Å². The molecule has 5 heteroatoms. The van der Waals surface area contributed by atoms with E-state index in [1.54, 1.807) is 0 Å². The smallest absolute Gasteiger partial charge is 0.393 e. The summed E-state index contributed by atoms with van der Waals surface area (Å²) < 4.78 is 37.2. The lowest BCUT2D eigenvalue weighted by atomic mass is 9.86. The Morgan fingerprint density at radius 1 is 1.11 bits per heavy atom. The van der Waals surface area contributed by atoms with E-state index in [4.69, 9.17) is 0 Å². The van der Waals surface area contributed by atoms with Crippen molar-refractivity contribution >= 4 is 5.69 Å². The molecule has 2 rings (SSSR count). The maximum absolute atomic E-state index is 12.4. The minimum Gasteiger partial charge on any atom is -0.393 e. The monoisotopic (exact) mass is 273 g/mol. The highest BCUT2D eigenvalue weighted by Crippen LogP contribution is 2.30. The molecule has 0 amide bonds. The number of aliphatic hydroxyl groups is 1. The van der Waals surface area contributed by atoms with Gasteiger partial charge in [0.15, 0.2) is 0 Å². The van der Waals surface area contributed by atoms with Gasteiger partial charge in [-0.2, -0.15) is 13.2 Å². The summed E-state index contributed by atoms with van der Waals surface area (Å²) in [6.07, 6.45) is -0.642. The summed E-state index contributed by atoms with van der Waals surface area (Å²) in [5.74, 6) is 0.191. The third-order valence-electron chi connectivity index (χ3n) is 3.65. The van der Waals surface area contributed by atoms with Gasteiger partial charge in [0, 0.05) is 18.2 Å². The molecular formula is C14H18F3NO. The quantitative estimate of drug-likeness (QED) is 0.880. The zero-order valence-corrected chi connectivity index (χ0v) is 10.6. The highest BCUT2D eigenvalue weighted by Gasteiger charge is 2.30. The topological polar surface area (TPSA) is 32.3 Å². The van der Waals surface area contributed by atoms with Crippen LogP contribution in [0.25, 0.3) is 0 Å². The Kier molecular flexibility index (Phi) is 4.34. The van der Waals surface area contributed by atoms with Gasteiger partial charge in [0.25, 0.3) is 0 Å². The van der Waals surface area contributed by atoms with Crippen LogP contribution in [-0.2, 0) is 6.18 Å². The van der Waals surface area contributed by atoms with Crippen molar-refractivity contribution in [3.05, 3.63) is 29.8 Å². The highest BCUT2D eigenvalue weighted by molar-refractivity contribution is 5.45. The van der Waals surface area contributed by atoms with E-state index in [-0.39, 0.29) is 12.0 Å². The number of hydrogen-bond donors (Lipinski definition) is 2. The minimum atomic E-state index is -4.29. The second-order valence-electron chi connectivity index (χ2n) is 5.07. The highest BCUT2D eigenvalue weighted by atomic mass is 19.4. The SMILES string of the molecule is OC1CCCCC1CNc1ccc(C(F)(F)F)cc1. The first-order valence-corrected chi connectivity index (χ1v) is 6.56. The average Bonchev–Trinajstić information content (AvgIpc) is 2.37. The lowest BCUT2D eigenvalue weighted by molar-refractivity contribution is -0.137. The molecule has 2 nitrogen and oxygen atoms in total. The van der Waals surface area contributed by atoms with E-state index >= 15 is 0 Å². The Balaban J connectivity index is 1.89. The van der Waals surface area contributed by atoms with Crippen LogP contribution in [0, 0.1) is 5.92 Å². The van der Waals surface area contributed by atoms with Crippen molar-refractivity contribution in [2.45, 2.75) is 38.0 Å². The van der Waals surface area contributed by atoms with Crippen molar-refractivity contribution in [3.63, 3.8) is 0 Å². The van der Waals surface area contributed by atoms with Crippen LogP contribution in [0.4, 0.5) is 18.9 Å². The molecule has 1 aliphatic carbocycles. The second kappa shape index (κ2) is 5.82. The van der Waals surface area contributed by atoms with Crippen LogP contribution in [0.2, 0.25) is 0 Å². The van der Waals surface area contributed by atoms with Gasteiger partial charge in [0.1, 0.15) is 0 Å². The number of halogens is 3. The average molecular weight is 273 g/mol. The van der Waals surface area contributed by atoms with Crippen LogP contribution in [0.1, 0.15) is 31.2 Å². The second-order valence-corrected chi connectivity index (χ2v) is 5.07. The molecule has 19 heavy (non-hydrogen) atoms. The van der Waals surface area contributed by atoms with Crippen molar-refractivity contribution < 1.29 is 18.3 Å². The molecule has 1 aromatic rings. The third-order valence-corrected chi connectivity index (χ3v) is 3.65. The third kappa shape index (κ3) is 3.86. The van der Waals surface area contributed by atoms with Gasteiger partial charge in [-0.05, 0) is 37.1 Å². The largest absolute Gasteiger partial charge is 0.416 e. The lowest BCUT2D eigenvalue weighted by Crippen LogP contribution is -2.30. The summed E-state index contributed by atoms with van der Waals surface area (Å²) >= 11 is 0. The molecule has 0 aliphatic heterocycles. The Morgan fingerprint density at radius 2 is 1.74 bits per heavy atom. The van der Waals surface area contributed by atoms with Gasteiger partial charge < -0.3 is 10.4 Å². The van der Waals surface area contributed by atoms with Crippen molar-refractivity contribution in [3.8, 4) is 0 Å². The van der Waals surface area contributed by atoms with Crippen LogP contribution >= 0.6 is 0 Å². The summed E-state index contributed by atoms with van der Waals surface area (Å²) in [6.45, 7) is 0.604. The summed E-state index contributed by atoms with van der Waals surface area (Å²) in [4.78, 5) is 0. The summed E-state index contributed by atoms with van der Waals surface area (Å²) in [7, 11) is 0. The molecule has 1 saturated carbocycles. The number of rotatable bonds is 3. The molecule has 1 aliphatic rings. The molecule has 2 N–H and O–H groups in total. The summed E-state index contributed by atoms with van der Waals surface area (Å²) in [6, 6.07) is 5.00. The van der Waals surface area contributed by atoms with E-state index in [0.29, 0.717) is 12.2 Å². The Morgan fingerprint density at radius 3 is 2.32 bits per heavy atom. The van der Waals surface area contributed by atoms with E-state index in [9.17, 15) is 18.3 Å². The molecule has 0 radical (unpaired) electrons. The maximum Gasteiger partial charge on any atom is 0.416 e. The lowest BCUT2D eigenvalue weighted by Gasteiger charge is -2.28. The Labute approximate surface area is 110 Å². The number of nitrogens with one attached hydrogen (secondary N) is 1. The first-order chi connectivity index (χ1) is 8.97. The molecular weight excluding hydrogens is 255 g/mol. The van der Waals surface area contributed by atoms with Gasteiger partial charge in [-0.15, -0.1) is 0 Å². The van der Waals surface area contributed by atoms with E-state index < -0.39 is 11.7 Å². The van der Waals surface area contributed by atoms with E-state index in [0.717, 1.165) is 37.8 Å². The van der Waals surface area contributed by atoms with Gasteiger partial charge >= 0.3 is 6.18 Å². The van der Waals surface area contributed by atoms with Gasteiger partial charge in [-0.1, -0.05) is 12.8 Å². The molecule has 0 spiro atoms. The van der Waals surface area contributed by atoms with Crippen LogP contribution in [-0.4, -0.2) is 17.8 Å². The fourth-order valence-corrected chi connectivity index (χ4v) is 2.45. The summed E-state index contributed by atoms with van der Waals surface area (Å²) in [5, 5.41) is 12.9. The molecule has 1 aromatic carbocycles. The molecule has 106 valence electrons. The Hall–Kier alpha value is -1.23. The summed E-state index contributed by atoms with van der Waals surface area (Å²) in [5.41, 5.74) is 0.0153. The minimum absolute atomic E-state index is 0.191. The molecule has 0 aromatic heterocycles. The van der Waals surface area contributed by atoms with Gasteiger partial charge in [-0.3, -0.25) is 0 Å². The van der Waals surface area contributed by atoms with Crippen molar-refractivity contribution in [2.24, 2.45) is 5.92 Å². The molecule has 0 heterocycles. The molecule has 1 fully saturated rings. The van der Waals surface area contributed by atoms with Crippen molar-refractivity contribution in [2.75, 3.05) is 11.9 Å². The number of benzene rings is 1.